The maximum Gasteiger partial charge on any atom is 1.00 e. The third-order valence-corrected chi connectivity index (χ3v) is 2.34. The molecule has 1 unspecified atom stereocenters. The molecule has 1 aromatic carbocycles. The van der Waals surface area contributed by atoms with Crippen molar-refractivity contribution < 1.29 is 74.2 Å². The largest absolute Gasteiger partial charge is 1.00 e. The Kier molecular flexibility index (Phi) is 9.86. The molecule has 0 heterocycles. The van der Waals surface area contributed by atoms with Crippen molar-refractivity contribution in [3.63, 3.8) is 0 Å². The van der Waals surface area contributed by atoms with Gasteiger partial charge in [-0.25, -0.2) is 0 Å². The number of aliphatic hydroxyl groups excluding tert-OH is 1. The van der Waals surface area contributed by atoms with Gasteiger partial charge in [-0.1, -0.05) is 30.3 Å². The van der Waals surface area contributed by atoms with Gasteiger partial charge in [-0.2, -0.15) is 0 Å². The predicted molar refractivity (Wildman–Crippen MR) is 60.4 cm³/mol. The number of halogens is 3. The maximum atomic E-state index is 12.0. The van der Waals surface area contributed by atoms with Gasteiger partial charge < -0.3 is 22.8 Å². The Balaban J connectivity index is 0.00000289. The first kappa shape index (κ1) is 18.6. The summed E-state index contributed by atoms with van der Waals surface area (Å²) < 4.78 is 41.2. The summed E-state index contributed by atoms with van der Waals surface area (Å²) in [6.07, 6.45) is -0.0897. The normalized spacial score (nSPS) is 12.9. The van der Waals surface area contributed by atoms with E-state index in [1.54, 1.807) is 0 Å². The molecule has 0 aliphatic heterocycles. The van der Waals surface area contributed by atoms with Crippen LogP contribution < -0.4 is 51.4 Å². The van der Waals surface area contributed by atoms with E-state index in [-0.39, 0.29) is 70.8 Å². The monoisotopic (exact) mass is 286 g/mol. The van der Waals surface area contributed by atoms with Crippen LogP contribution in [-0.2, 0) is 11.3 Å². The second kappa shape index (κ2) is 9.52. The van der Waals surface area contributed by atoms with E-state index in [4.69, 9.17) is 9.84 Å². The smallest absolute Gasteiger partial charge is 0.447 e. The maximum absolute atomic E-state index is 12.0. The van der Waals surface area contributed by atoms with Gasteiger partial charge in [0.15, 0.2) is 0 Å². The molecule has 1 aromatic rings. The summed E-state index contributed by atoms with van der Waals surface area (Å²) >= 11 is 0. The second-order valence-corrected chi connectivity index (χ2v) is 3.87. The number of benzene rings is 1. The summed E-state index contributed by atoms with van der Waals surface area (Å²) in [5, 5.41) is 8.75. The van der Waals surface area contributed by atoms with Crippen LogP contribution in [0.25, 0.3) is 0 Å². The molecule has 7 heteroatoms. The first-order valence-electron chi connectivity index (χ1n) is 5.50. The first-order valence-corrected chi connectivity index (χ1v) is 5.50. The molecule has 0 aliphatic carbocycles. The van der Waals surface area contributed by atoms with Crippen molar-refractivity contribution in [3.8, 4) is 0 Å². The van der Waals surface area contributed by atoms with E-state index in [2.05, 4.69) is 0 Å². The van der Waals surface area contributed by atoms with Gasteiger partial charge in [-0.05, 0) is 18.4 Å². The fourth-order valence-corrected chi connectivity index (χ4v) is 1.35. The third kappa shape index (κ3) is 7.93. The van der Waals surface area contributed by atoms with Crippen molar-refractivity contribution in [1.82, 2.24) is 0 Å². The fourth-order valence-electron chi connectivity index (χ4n) is 1.35. The average Bonchev–Trinajstić information content (AvgIpc) is 2.28. The van der Waals surface area contributed by atoms with E-state index >= 15 is 0 Å². The van der Waals surface area contributed by atoms with Crippen molar-refractivity contribution in [1.29, 1.82) is 0 Å². The minimum atomic E-state index is -5.14. The molecule has 2 nitrogen and oxygen atoms in total. The standard InChI is InChI=1S/C11H15BF3O2.K/c13-12(14,15)11(16)7-4-8-17-9-10-5-2-1-3-6-10;/h1-3,5-6,11,16H,4,7-9H2;/q-1;+1. The number of rotatable bonds is 7. The number of ether oxygens (including phenoxy) is 1. The predicted octanol–water partition coefficient (Wildman–Crippen LogP) is -0.265. The summed E-state index contributed by atoms with van der Waals surface area (Å²) in [5.74, 6) is 0. The van der Waals surface area contributed by atoms with Crippen LogP contribution in [0.3, 0.4) is 0 Å². The van der Waals surface area contributed by atoms with Crippen LogP contribution in [0.15, 0.2) is 30.3 Å². The fraction of sp³-hybridized carbons (Fsp3) is 0.455. The molecule has 18 heavy (non-hydrogen) atoms. The summed E-state index contributed by atoms with van der Waals surface area (Å²) in [6, 6.07) is 7.20. The zero-order valence-corrected chi connectivity index (χ0v) is 13.5. The molecule has 0 bridgehead atoms. The molecular weight excluding hydrogens is 271 g/mol. The van der Waals surface area contributed by atoms with Crippen LogP contribution in [0.2, 0.25) is 0 Å². The molecule has 0 fully saturated rings. The molecule has 0 spiro atoms. The zero-order chi connectivity index (χ0) is 12.7. The Hall–Kier alpha value is 0.631. The summed E-state index contributed by atoms with van der Waals surface area (Å²) in [7, 11) is 0. The van der Waals surface area contributed by atoms with E-state index in [0.29, 0.717) is 6.61 Å². The summed E-state index contributed by atoms with van der Waals surface area (Å²) in [4.78, 5) is 0. The number of hydrogen-bond donors (Lipinski definition) is 1. The van der Waals surface area contributed by atoms with Gasteiger partial charge in [-0.3, -0.25) is 0 Å². The van der Waals surface area contributed by atoms with E-state index in [1.165, 1.54) is 0 Å². The molecule has 0 saturated heterocycles. The second-order valence-electron chi connectivity index (χ2n) is 3.87. The van der Waals surface area contributed by atoms with Gasteiger partial charge in [0.2, 0.25) is 0 Å². The summed E-state index contributed by atoms with van der Waals surface area (Å²) in [6.45, 7) is -4.54. The minimum Gasteiger partial charge on any atom is -0.447 e. The van der Waals surface area contributed by atoms with E-state index in [9.17, 15) is 12.9 Å². The van der Waals surface area contributed by atoms with E-state index in [0.717, 1.165) is 5.56 Å². The molecule has 0 radical (unpaired) electrons. The molecule has 0 aromatic heterocycles. The zero-order valence-electron chi connectivity index (χ0n) is 10.4. The van der Waals surface area contributed by atoms with Gasteiger partial charge in [0, 0.05) is 12.6 Å². The average molecular weight is 286 g/mol. The quantitative estimate of drug-likeness (QED) is 0.552. The van der Waals surface area contributed by atoms with Crippen LogP contribution >= 0.6 is 0 Å². The van der Waals surface area contributed by atoms with Crippen molar-refractivity contribution in [2.75, 3.05) is 6.61 Å². The van der Waals surface area contributed by atoms with Crippen molar-refractivity contribution >= 4 is 6.98 Å². The Morgan fingerprint density at radius 2 is 1.78 bits per heavy atom. The van der Waals surface area contributed by atoms with Gasteiger partial charge >= 0.3 is 58.4 Å². The molecule has 0 aliphatic rings. The molecule has 1 rings (SSSR count). The van der Waals surface area contributed by atoms with Crippen LogP contribution in [0.4, 0.5) is 12.9 Å². The number of hydrogen-bond acceptors (Lipinski definition) is 2. The molecular formula is C11H15BF3KO2. The van der Waals surface area contributed by atoms with Crippen LogP contribution in [0.1, 0.15) is 18.4 Å². The topological polar surface area (TPSA) is 29.5 Å². The Morgan fingerprint density at radius 1 is 1.17 bits per heavy atom. The third-order valence-electron chi connectivity index (χ3n) is 2.34. The van der Waals surface area contributed by atoms with Crippen LogP contribution in [-0.4, -0.2) is 24.7 Å². The summed E-state index contributed by atoms with van der Waals surface area (Å²) in [5.41, 5.74) is 0.980. The van der Waals surface area contributed by atoms with Crippen LogP contribution in [0, 0.1) is 0 Å². The van der Waals surface area contributed by atoms with Gasteiger partial charge in [0.05, 0.1) is 6.61 Å². The molecule has 0 amide bonds. The molecule has 1 atom stereocenters. The van der Waals surface area contributed by atoms with Gasteiger partial charge in [0.25, 0.3) is 0 Å². The van der Waals surface area contributed by atoms with E-state index in [1.807, 2.05) is 30.3 Å². The Bertz CT molecular complexity index is 322. The van der Waals surface area contributed by atoms with Crippen molar-refractivity contribution in [2.45, 2.75) is 25.5 Å². The van der Waals surface area contributed by atoms with Crippen LogP contribution in [0.5, 0.6) is 0 Å². The minimum absolute atomic E-state index is 0. The van der Waals surface area contributed by atoms with Crippen molar-refractivity contribution in [2.24, 2.45) is 0 Å². The van der Waals surface area contributed by atoms with Gasteiger partial charge in [-0.15, -0.1) is 0 Å². The van der Waals surface area contributed by atoms with Crippen molar-refractivity contribution in [3.05, 3.63) is 35.9 Å². The first-order chi connectivity index (χ1) is 8.00. The molecule has 96 valence electrons. The number of aliphatic hydroxyl groups is 1. The SMILES string of the molecule is OC(CCCOCc1ccccc1)[B-](F)(F)F.[K+]. The van der Waals surface area contributed by atoms with E-state index < -0.39 is 13.0 Å². The molecule has 0 saturated carbocycles. The Morgan fingerprint density at radius 3 is 2.33 bits per heavy atom. The Labute approximate surface area is 147 Å². The molecule has 1 N–H and O–H groups in total. The van der Waals surface area contributed by atoms with Gasteiger partial charge in [0.1, 0.15) is 0 Å².